The Bertz CT molecular complexity index is 211. The van der Waals surface area contributed by atoms with E-state index in [1.165, 1.54) is 45.2 Å². The van der Waals surface area contributed by atoms with Gasteiger partial charge in [0.25, 0.3) is 0 Å². The number of nitrogens with zero attached hydrogens (tertiary/aromatic N) is 1. The van der Waals surface area contributed by atoms with E-state index in [4.69, 9.17) is 5.73 Å². The van der Waals surface area contributed by atoms with Crippen molar-refractivity contribution in [1.29, 1.82) is 0 Å². The fourth-order valence-corrected chi connectivity index (χ4v) is 3.00. The fourth-order valence-electron chi connectivity index (χ4n) is 3.00. The predicted octanol–water partition coefficient (Wildman–Crippen LogP) is 2.24. The third kappa shape index (κ3) is 2.73. The number of nitrogens with two attached hydrogens (primary N) is 1. The summed E-state index contributed by atoms with van der Waals surface area (Å²) in [5.74, 6) is 0.898. The van der Waals surface area contributed by atoms with Crippen LogP contribution in [0.15, 0.2) is 0 Å². The van der Waals surface area contributed by atoms with Gasteiger partial charge in [-0.05, 0) is 56.9 Å². The number of hydrogen-bond acceptors (Lipinski definition) is 2. The zero-order valence-electron chi connectivity index (χ0n) is 10.3. The largest absolute Gasteiger partial charge is 0.330 e. The van der Waals surface area contributed by atoms with Crippen LogP contribution in [0, 0.1) is 11.3 Å². The summed E-state index contributed by atoms with van der Waals surface area (Å²) in [6.45, 7) is 8.28. The van der Waals surface area contributed by atoms with Crippen molar-refractivity contribution in [2.45, 2.75) is 52.0 Å². The minimum atomic E-state index is 0.625. The van der Waals surface area contributed by atoms with Crippen LogP contribution in [-0.2, 0) is 0 Å². The predicted molar refractivity (Wildman–Crippen MR) is 64.8 cm³/mol. The lowest BCUT2D eigenvalue weighted by molar-refractivity contribution is 0.0973. The summed E-state index contributed by atoms with van der Waals surface area (Å²) in [5.41, 5.74) is 6.33. The maximum Gasteiger partial charge on any atom is 0.00673 e. The summed E-state index contributed by atoms with van der Waals surface area (Å²) in [5, 5.41) is 0. The highest BCUT2D eigenvalue weighted by Gasteiger charge is 2.44. The molecule has 88 valence electrons. The van der Waals surface area contributed by atoms with E-state index < -0.39 is 0 Å². The minimum absolute atomic E-state index is 0.625. The van der Waals surface area contributed by atoms with Crippen molar-refractivity contribution in [3.8, 4) is 0 Å². The molecule has 1 heterocycles. The molecule has 0 aromatic heterocycles. The highest BCUT2D eigenvalue weighted by Crippen LogP contribution is 2.49. The van der Waals surface area contributed by atoms with Gasteiger partial charge >= 0.3 is 0 Å². The second-order valence-electron chi connectivity index (χ2n) is 6.00. The summed E-state index contributed by atoms with van der Waals surface area (Å²) >= 11 is 0. The van der Waals surface area contributed by atoms with Gasteiger partial charge in [-0.2, -0.15) is 0 Å². The van der Waals surface area contributed by atoms with Crippen molar-refractivity contribution in [3.05, 3.63) is 0 Å². The molecule has 2 nitrogen and oxygen atoms in total. The van der Waals surface area contributed by atoms with Crippen LogP contribution in [0.3, 0.4) is 0 Å². The van der Waals surface area contributed by atoms with Gasteiger partial charge in [-0.25, -0.2) is 0 Å². The SMILES string of the molecule is CC1CCC(C)N(CC2(CCN)CC2)C1. The lowest BCUT2D eigenvalue weighted by Gasteiger charge is -2.39. The summed E-state index contributed by atoms with van der Waals surface area (Å²) in [6, 6.07) is 0.802. The first-order chi connectivity index (χ1) is 7.15. The number of piperidine rings is 1. The van der Waals surface area contributed by atoms with E-state index in [0.717, 1.165) is 18.5 Å². The van der Waals surface area contributed by atoms with Gasteiger partial charge < -0.3 is 5.73 Å². The number of rotatable bonds is 4. The van der Waals surface area contributed by atoms with E-state index in [1.807, 2.05) is 0 Å². The van der Waals surface area contributed by atoms with Gasteiger partial charge in [-0.15, -0.1) is 0 Å². The smallest absolute Gasteiger partial charge is 0.00673 e. The van der Waals surface area contributed by atoms with Crippen LogP contribution in [0.25, 0.3) is 0 Å². The Morgan fingerprint density at radius 1 is 1.27 bits per heavy atom. The fraction of sp³-hybridized carbons (Fsp3) is 1.00. The molecule has 2 heteroatoms. The quantitative estimate of drug-likeness (QED) is 0.771. The van der Waals surface area contributed by atoms with Crippen LogP contribution in [0.2, 0.25) is 0 Å². The molecule has 1 saturated carbocycles. The molecule has 15 heavy (non-hydrogen) atoms. The normalized spacial score (nSPS) is 35.4. The maximum atomic E-state index is 5.70. The molecule has 0 aromatic carbocycles. The van der Waals surface area contributed by atoms with Crippen LogP contribution in [0.5, 0.6) is 0 Å². The highest BCUT2D eigenvalue weighted by atomic mass is 15.2. The Kier molecular flexibility index (Phi) is 3.36. The van der Waals surface area contributed by atoms with Crippen molar-refractivity contribution in [1.82, 2.24) is 4.90 Å². The van der Waals surface area contributed by atoms with Crippen LogP contribution in [-0.4, -0.2) is 30.6 Å². The summed E-state index contributed by atoms with van der Waals surface area (Å²) in [7, 11) is 0. The highest BCUT2D eigenvalue weighted by molar-refractivity contribution is 4.97. The second kappa shape index (κ2) is 4.42. The van der Waals surface area contributed by atoms with E-state index >= 15 is 0 Å². The first-order valence-corrected chi connectivity index (χ1v) is 6.59. The lowest BCUT2D eigenvalue weighted by Crippen LogP contribution is -2.44. The van der Waals surface area contributed by atoms with Crippen molar-refractivity contribution >= 4 is 0 Å². The van der Waals surface area contributed by atoms with Crippen molar-refractivity contribution in [2.75, 3.05) is 19.6 Å². The average Bonchev–Trinajstić information content (AvgIpc) is 2.92. The molecule has 2 atom stereocenters. The van der Waals surface area contributed by atoms with Gasteiger partial charge in [0.1, 0.15) is 0 Å². The van der Waals surface area contributed by atoms with Crippen LogP contribution in [0.1, 0.15) is 46.0 Å². The third-order valence-corrected chi connectivity index (χ3v) is 4.42. The number of hydrogen-bond donors (Lipinski definition) is 1. The van der Waals surface area contributed by atoms with Gasteiger partial charge in [0.15, 0.2) is 0 Å². The molecule has 2 rings (SSSR count). The zero-order chi connectivity index (χ0) is 10.9. The molecule has 1 aliphatic heterocycles. The molecule has 2 aliphatic rings. The van der Waals surface area contributed by atoms with Gasteiger partial charge in [-0.3, -0.25) is 4.90 Å². The molecule has 2 unspecified atom stereocenters. The summed E-state index contributed by atoms with van der Waals surface area (Å²) in [6.07, 6.45) is 6.88. The van der Waals surface area contributed by atoms with Crippen molar-refractivity contribution in [3.63, 3.8) is 0 Å². The van der Waals surface area contributed by atoms with Crippen LogP contribution < -0.4 is 5.73 Å². The molecule has 0 aromatic rings. The first-order valence-electron chi connectivity index (χ1n) is 6.59. The molecule has 0 amide bonds. The molecule has 2 fully saturated rings. The van der Waals surface area contributed by atoms with Gasteiger partial charge in [0, 0.05) is 19.1 Å². The van der Waals surface area contributed by atoms with Crippen molar-refractivity contribution < 1.29 is 0 Å². The Labute approximate surface area is 94.2 Å². The molecular weight excluding hydrogens is 184 g/mol. The van der Waals surface area contributed by atoms with Gasteiger partial charge in [-0.1, -0.05) is 6.92 Å². The van der Waals surface area contributed by atoms with Gasteiger partial charge in [0.05, 0.1) is 0 Å². The Morgan fingerprint density at radius 2 is 2.00 bits per heavy atom. The van der Waals surface area contributed by atoms with E-state index in [-0.39, 0.29) is 0 Å². The minimum Gasteiger partial charge on any atom is -0.330 e. The molecule has 1 aliphatic carbocycles. The molecule has 2 N–H and O–H groups in total. The molecule has 0 bridgehead atoms. The standard InChI is InChI=1S/C13H26N2/c1-11-3-4-12(2)15(9-11)10-13(5-6-13)7-8-14/h11-12H,3-10,14H2,1-2H3. The number of likely N-dealkylation sites (tertiary alicyclic amines) is 1. The van der Waals surface area contributed by atoms with Crippen LogP contribution in [0.4, 0.5) is 0 Å². The van der Waals surface area contributed by atoms with Crippen LogP contribution >= 0.6 is 0 Å². The summed E-state index contributed by atoms with van der Waals surface area (Å²) in [4.78, 5) is 2.72. The Hall–Kier alpha value is -0.0800. The molecular formula is C13H26N2. The Morgan fingerprint density at radius 3 is 2.60 bits per heavy atom. The second-order valence-corrected chi connectivity index (χ2v) is 6.00. The lowest BCUT2D eigenvalue weighted by atomic mass is 9.92. The summed E-state index contributed by atoms with van der Waals surface area (Å²) < 4.78 is 0. The monoisotopic (exact) mass is 210 g/mol. The van der Waals surface area contributed by atoms with E-state index in [1.54, 1.807) is 0 Å². The topological polar surface area (TPSA) is 29.3 Å². The zero-order valence-corrected chi connectivity index (χ0v) is 10.3. The third-order valence-electron chi connectivity index (χ3n) is 4.42. The van der Waals surface area contributed by atoms with E-state index in [2.05, 4.69) is 18.7 Å². The average molecular weight is 210 g/mol. The maximum absolute atomic E-state index is 5.70. The van der Waals surface area contributed by atoms with E-state index in [0.29, 0.717) is 5.41 Å². The molecule has 0 radical (unpaired) electrons. The van der Waals surface area contributed by atoms with E-state index in [9.17, 15) is 0 Å². The van der Waals surface area contributed by atoms with Crippen molar-refractivity contribution in [2.24, 2.45) is 17.1 Å². The first kappa shape index (κ1) is 11.4. The molecule has 1 saturated heterocycles. The van der Waals surface area contributed by atoms with Gasteiger partial charge in [0.2, 0.25) is 0 Å². The Balaban J connectivity index is 1.87. The molecule has 0 spiro atoms.